The van der Waals surface area contributed by atoms with E-state index in [1.165, 1.54) is 0 Å². The third-order valence-electron chi connectivity index (χ3n) is 2.88. The van der Waals surface area contributed by atoms with Gasteiger partial charge in [0.05, 0.1) is 0 Å². The van der Waals surface area contributed by atoms with Gasteiger partial charge in [-0.2, -0.15) is 48.5 Å². The summed E-state index contributed by atoms with van der Waals surface area (Å²) in [5, 5.41) is 0. The van der Waals surface area contributed by atoms with Crippen LogP contribution in [-0.4, -0.2) is 0 Å². The molecule has 0 heterocycles. The standard InChI is InChI=1S/C18H13N.Y/c1-4-10-16(11-5-1)19(17-12-6-2-7-13-17)18-14-8-3-9-15-18;/h1-12,14H;/q-2;. The molecule has 1 radical (unpaired) electrons. The van der Waals surface area contributed by atoms with Gasteiger partial charge >= 0.3 is 0 Å². The van der Waals surface area contributed by atoms with Crippen LogP contribution in [0, 0.1) is 12.1 Å². The van der Waals surface area contributed by atoms with Gasteiger partial charge in [0, 0.05) is 38.4 Å². The molecule has 0 saturated heterocycles. The van der Waals surface area contributed by atoms with Gasteiger partial charge in [-0.1, -0.05) is 29.6 Å². The summed E-state index contributed by atoms with van der Waals surface area (Å²) < 4.78 is 0. The van der Waals surface area contributed by atoms with Gasteiger partial charge in [-0.25, -0.2) is 0 Å². The van der Waals surface area contributed by atoms with Crippen molar-refractivity contribution in [3.05, 3.63) is 91.0 Å². The van der Waals surface area contributed by atoms with Crippen LogP contribution in [-0.2, 0) is 32.7 Å². The third kappa shape index (κ3) is 3.36. The summed E-state index contributed by atoms with van der Waals surface area (Å²) in [6.07, 6.45) is 0. The Hall–Kier alpha value is -1.44. The van der Waals surface area contributed by atoms with Crippen LogP contribution in [0.4, 0.5) is 17.1 Å². The second-order valence-corrected chi connectivity index (χ2v) is 4.17. The van der Waals surface area contributed by atoms with Crippen molar-refractivity contribution in [2.75, 3.05) is 4.90 Å². The molecule has 0 unspecified atom stereocenters. The number of benzene rings is 3. The fourth-order valence-electron chi connectivity index (χ4n) is 2.03. The van der Waals surface area contributed by atoms with Crippen molar-refractivity contribution in [3.63, 3.8) is 0 Å². The molecule has 0 bridgehead atoms. The Balaban J connectivity index is 0.00000147. The summed E-state index contributed by atoms with van der Waals surface area (Å²) in [6, 6.07) is 32.7. The molecule has 0 N–H and O–H groups in total. The first-order chi connectivity index (χ1) is 9.45. The van der Waals surface area contributed by atoms with Crippen LogP contribution in [0.2, 0.25) is 0 Å². The van der Waals surface area contributed by atoms with E-state index in [1.54, 1.807) is 0 Å². The molecule has 2 heteroatoms. The number of anilines is 3. The number of rotatable bonds is 3. The predicted octanol–water partition coefficient (Wildman–Crippen LogP) is 4.75. The Morgan fingerprint density at radius 2 is 1.10 bits per heavy atom. The Morgan fingerprint density at radius 3 is 1.55 bits per heavy atom. The molecular formula is C18H13NY-2. The van der Waals surface area contributed by atoms with Crippen LogP contribution in [0.15, 0.2) is 78.9 Å². The van der Waals surface area contributed by atoms with Crippen molar-refractivity contribution in [1.29, 1.82) is 0 Å². The molecule has 20 heavy (non-hydrogen) atoms. The zero-order valence-corrected chi connectivity index (χ0v) is 13.9. The number of hydrogen-bond donors (Lipinski definition) is 0. The molecule has 0 aliphatic carbocycles. The monoisotopic (exact) mass is 332 g/mol. The van der Waals surface area contributed by atoms with Crippen molar-refractivity contribution >= 4 is 17.1 Å². The first kappa shape index (κ1) is 15.0. The van der Waals surface area contributed by atoms with Crippen molar-refractivity contribution in [1.82, 2.24) is 0 Å². The summed E-state index contributed by atoms with van der Waals surface area (Å²) >= 11 is 0. The predicted molar refractivity (Wildman–Crippen MR) is 78.8 cm³/mol. The molecule has 0 saturated carbocycles. The second kappa shape index (κ2) is 7.37. The summed E-state index contributed by atoms with van der Waals surface area (Å²) in [5.41, 5.74) is 3.12. The summed E-state index contributed by atoms with van der Waals surface area (Å²) in [7, 11) is 0. The van der Waals surface area contributed by atoms with Crippen molar-refractivity contribution in [2.45, 2.75) is 0 Å². The minimum absolute atomic E-state index is 0. The maximum Gasteiger partial charge on any atom is 0.0418 e. The van der Waals surface area contributed by atoms with Crippen molar-refractivity contribution in [3.8, 4) is 0 Å². The van der Waals surface area contributed by atoms with E-state index in [9.17, 15) is 0 Å². The number of nitrogens with zero attached hydrogens (tertiary/aromatic N) is 1. The molecule has 0 atom stereocenters. The fourth-order valence-corrected chi connectivity index (χ4v) is 2.03. The molecule has 3 aromatic carbocycles. The molecule has 0 fully saturated rings. The molecule has 0 amide bonds. The van der Waals surface area contributed by atoms with E-state index in [2.05, 4.69) is 29.2 Å². The molecule has 0 aromatic heterocycles. The van der Waals surface area contributed by atoms with Crippen LogP contribution >= 0.6 is 0 Å². The molecule has 0 spiro atoms. The smallest absolute Gasteiger partial charge is 0.0418 e. The molecule has 3 rings (SSSR count). The van der Waals surface area contributed by atoms with E-state index in [0.29, 0.717) is 0 Å². The van der Waals surface area contributed by atoms with E-state index in [4.69, 9.17) is 0 Å². The zero-order valence-electron chi connectivity index (χ0n) is 11.0. The van der Waals surface area contributed by atoms with E-state index in [-0.39, 0.29) is 32.7 Å². The average molecular weight is 332 g/mol. The maximum absolute atomic E-state index is 3.27. The quantitative estimate of drug-likeness (QED) is 0.626. The topological polar surface area (TPSA) is 3.24 Å². The molecule has 3 aromatic rings. The van der Waals surface area contributed by atoms with Gasteiger partial charge in [-0.3, -0.25) is 0 Å². The fraction of sp³-hybridized carbons (Fsp3) is 0. The van der Waals surface area contributed by atoms with Crippen LogP contribution in [0.1, 0.15) is 0 Å². The van der Waals surface area contributed by atoms with Gasteiger partial charge in [0.15, 0.2) is 0 Å². The normalized spacial score (nSPS) is 9.60. The Bertz CT molecular complexity index is 529. The van der Waals surface area contributed by atoms with Crippen molar-refractivity contribution in [2.24, 2.45) is 0 Å². The van der Waals surface area contributed by atoms with Gasteiger partial charge < -0.3 is 4.90 Å². The Kier molecular flexibility index (Phi) is 5.52. The SMILES string of the molecule is [Y].[c-]1ccccc1N(c1[c-]cccc1)c1ccccc1. The first-order valence-corrected chi connectivity index (χ1v) is 6.24. The van der Waals surface area contributed by atoms with E-state index >= 15 is 0 Å². The molecule has 0 aliphatic heterocycles. The minimum Gasteiger partial charge on any atom is -0.359 e. The number of para-hydroxylation sites is 3. The maximum atomic E-state index is 3.27. The Morgan fingerprint density at radius 1 is 0.600 bits per heavy atom. The average Bonchev–Trinajstić information content (AvgIpc) is 2.51. The molecule has 1 nitrogen and oxygen atoms in total. The van der Waals surface area contributed by atoms with Gasteiger partial charge in [0.1, 0.15) is 0 Å². The molecule has 0 aliphatic rings. The van der Waals surface area contributed by atoms with Crippen LogP contribution in [0.25, 0.3) is 0 Å². The van der Waals surface area contributed by atoms with Crippen LogP contribution in [0.3, 0.4) is 0 Å². The Labute approximate surface area is 145 Å². The van der Waals surface area contributed by atoms with Gasteiger partial charge in [-0.15, -0.1) is 12.1 Å². The van der Waals surface area contributed by atoms with E-state index in [1.807, 2.05) is 66.7 Å². The van der Waals surface area contributed by atoms with E-state index in [0.717, 1.165) is 17.1 Å². The van der Waals surface area contributed by atoms with Gasteiger partial charge in [-0.05, 0) is 12.1 Å². The molecule has 95 valence electrons. The van der Waals surface area contributed by atoms with Gasteiger partial charge in [0.25, 0.3) is 0 Å². The first-order valence-electron chi connectivity index (χ1n) is 6.24. The summed E-state index contributed by atoms with van der Waals surface area (Å²) in [6.45, 7) is 0. The third-order valence-corrected chi connectivity index (χ3v) is 2.88. The minimum atomic E-state index is 0. The zero-order chi connectivity index (χ0) is 12.9. The molecular weight excluding hydrogens is 319 g/mol. The van der Waals surface area contributed by atoms with Crippen molar-refractivity contribution < 1.29 is 32.7 Å². The number of hydrogen-bond acceptors (Lipinski definition) is 1. The van der Waals surface area contributed by atoms with Crippen LogP contribution < -0.4 is 4.90 Å². The largest absolute Gasteiger partial charge is 0.359 e. The van der Waals surface area contributed by atoms with Crippen LogP contribution in [0.5, 0.6) is 0 Å². The second-order valence-electron chi connectivity index (χ2n) is 4.17. The van der Waals surface area contributed by atoms with E-state index < -0.39 is 0 Å². The summed E-state index contributed by atoms with van der Waals surface area (Å²) in [4.78, 5) is 2.14. The summed E-state index contributed by atoms with van der Waals surface area (Å²) in [5.74, 6) is 0. The van der Waals surface area contributed by atoms with Gasteiger partial charge in [0.2, 0.25) is 0 Å².